The van der Waals surface area contributed by atoms with E-state index in [-0.39, 0.29) is 30.6 Å². The van der Waals surface area contributed by atoms with E-state index in [1.54, 1.807) is 37.3 Å². The lowest BCUT2D eigenvalue weighted by molar-refractivity contribution is -0.119. The summed E-state index contributed by atoms with van der Waals surface area (Å²) < 4.78 is 12.9. The van der Waals surface area contributed by atoms with E-state index in [2.05, 4.69) is 16.0 Å². The molecule has 198 valence electrons. The van der Waals surface area contributed by atoms with Gasteiger partial charge in [0, 0.05) is 18.3 Å². The topological polar surface area (TPSA) is 76.0 Å². The van der Waals surface area contributed by atoms with Crippen LogP contribution in [0.25, 0.3) is 5.69 Å². The molecule has 0 saturated heterocycles. The SMILES string of the molecule is COc1ccc(NC(=O)N(CC(=O)N2c3ccccc3-n3cccc3C2c2ccccc2)C2CC2)c(OC)c1. The lowest BCUT2D eigenvalue weighted by atomic mass is 9.97. The van der Waals surface area contributed by atoms with Crippen LogP contribution in [0.2, 0.25) is 0 Å². The number of nitrogens with zero attached hydrogens (tertiary/aromatic N) is 3. The van der Waals surface area contributed by atoms with Crippen LogP contribution in [0.5, 0.6) is 11.5 Å². The first kappa shape index (κ1) is 24.6. The van der Waals surface area contributed by atoms with Gasteiger partial charge in [0.2, 0.25) is 5.91 Å². The monoisotopic (exact) mass is 522 g/mol. The lowest BCUT2D eigenvalue weighted by Crippen LogP contribution is -2.48. The number of methoxy groups -OCH3 is 2. The molecule has 1 aliphatic heterocycles. The second-order valence-electron chi connectivity index (χ2n) is 9.72. The van der Waals surface area contributed by atoms with Gasteiger partial charge in [-0.2, -0.15) is 0 Å². The summed E-state index contributed by atoms with van der Waals surface area (Å²) in [4.78, 5) is 31.3. The van der Waals surface area contributed by atoms with Crippen LogP contribution in [0.4, 0.5) is 16.2 Å². The Morgan fingerprint density at radius 2 is 1.64 bits per heavy atom. The quantitative estimate of drug-likeness (QED) is 0.342. The van der Waals surface area contributed by atoms with Gasteiger partial charge >= 0.3 is 6.03 Å². The van der Waals surface area contributed by atoms with E-state index < -0.39 is 0 Å². The normalized spacial score (nSPS) is 15.6. The number of hydrogen-bond donors (Lipinski definition) is 1. The summed E-state index contributed by atoms with van der Waals surface area (Å²) in [5.41, 5.74) is 4.27. The van der Waals surface area contributed by atoms with E-state index in [1.807, 2.05) is 71.8 Å². The molecule has 0 radical (unpaired) electrons. The number of carbonyl (C=O) groups excluding carboxylic acids is 2. The number of rotatable bonds is 7. The molecule has 1 unspecified atom stereocenters. The summed E-state index contributed by atoms with van der Waals surface area (Å²) >= 11 is 0. The minimum absolute atomic E-state index is 0.0114. The first-order chi connectivity index (χ1) is 19.1. The highest BCUT2D eigenvalue weighted by atomic mass is 16.5. The molecule has 1 fully saturated rings. The van der Waals surface area contributed by atoms with Gasteiger partial charge in [0.15, 0.2) is 0 Å². The number of nitrogens with one attached hydrogen (secondary N) is 1. The Hall–Kier alpha value is -4.72. The predicted molar refractivity (Wildman–Crippen MR) is 150 cm³/mol. The maximum atomic E-state index is 14.2. The second-order valence-corrected chi connectivity index (χ2v) is 9.72. The molecular formula is C31H30N4O4. The molecule has 0 bridgehead atoms. The number of hydrogen-bond acceptors (Lipinski definition) is 4. The molecule has 1 saturated carbocycles. The third kappa shape index (κ3) is 4.58. The van der Waals surface area contributed by atoms with E-state index in [1.165, 1.54) is 0 Å². The Bertz CT molecular complexity index is 1510. The zero-order chi connectivity index (χ0) is 26.9. The minimum Gasteiger partial charge on any atom is -0.497 e. The molecular weight excluding hydrogens is 492 g/mol. The molecule has 3 amide bonds. The molecule has 3 aromatic carbocycles. The summed E-state index contributed by atoms with van der Waals surface area (Å²) in [5, 5.41) is 2.95. The molecule has 6 rings (SSSR count). The number of para-hydroxylation sites is 2. The Morgan fingerprint density at radius 3 is 2.36 bits per heavy atom. The molecule has 2 heterocycles. The molecule has 2 aliphatic rings. The van der Waals surface area contributed by atoms with Crippen LogP contribution in [0, 0.1) is 0 Å². The van der Waals surface area contributed by atoms with Crippen molar-refractivity contribution in [2.24, 2.45) is 0 Å². The zero-order valence-electron chi connectivity index (χ0n) is 21.9. The van der Waals surface area contributed by atoms with Crippen LogP contribution < -0.4 is 19.7 Å². The maximum Gasteiger partial charge on any atom is 0.322 e. The summed E-state index contributed by atoms with van der Waals surface area (Å²) in [5.74, 6) is 0.965. The summed E-state index contributed by atoms with van der Waals surface area (Å²) in [6.07, 6.45) is 3.75. The van der Waals surface area contributed by atoms with Crippen molar-refractivity contribution in [2.45, 2.75) is 24.9 Å². The molecule has 0 spiro atoms. The van der Waals surface area contributed by atoms with Crippen molar-refractivity contribution in [3.05, 3.63) is 102 Å². The lowest BCUT2D eigenvalue weighted by Gasteiger charge is -2.39. The van der Waals surface area contributed by atoms with Crippen molar-refractivity contribution in [1.82, 2.24) is 9.47 Å². The average molecular weight is 523 g/mol. The summed E-state index contributed by atoms with van der Waals surface area (Å²) in [6, 6.07) is 26.5. The van der Waals surface area contributed by atoms with Crippen LogP contribution in [0.1, 0.15) is 30.1 Å². The Morgan fingerprint density at radius 1 is 0.897 bits per heavy atom. The van der Waals surface area contributed by atoms with Crippen molar-refractivity contribution in [3.8, 4) is 17.2 Å². The van der Waals surface area contributed by atoms with Gasteiger partial charge < -0.3 is 24.3 Å². The fourth-order valence-corrected chi connectivity index (χ4v) is 5.28. The first-order valence-corrected chi connectivity index (χ1v) is 13.0. The Kier molecular flexibility index (Phi) is 6.44. The average Bonchev–Trinajstić information content (AvgIpc) is 3.70. The van der Waals surface area contributed by atoms with Crippen molar-refractivity contribution in [3.63, 3.8) is 0 Å². The zero-order valence-corrected chi connectivity index (χ0v) is 21.9. The number of carbonyl (C=O) groups is 2. The Balaban J connectivity index is 1.33. The van der Waals surface area contributed by atoms with E-state index in [0.29, 0.717) is 17.2 Å². The fraction of sp³-hybridized carbons (Fsp3) is 0.226. The van der Waals surface area contributed by atoms with Crippen LogP contribution >= 0.6 is 0 Å². The summed E-state index contributed by atoms with van der Waals surface area (Å²) in [6.45, 7) is -0.0483. The molecule has 1 aliphatic carbocycles. The van der Waals surface area contributed by atoms with Gasteiger partial charge in [0.25, 0.3) is 0 Å². The highest BCUT2D eigenvalue weighted by Crippen LogP contribution is 2.42. The van der Waals surface area contributed by atoms with E-state index >= 15 is 0 Å². The van der Waals surface area contributed by atoms with Crippen LogP contribution in [0.15, 0.2) is 91.1 Å². The molecule has 1 atom stereocenters. The largest absolute Gasteiger partial charge is 0.497 e. The Labute approximate surface area is 227 Å². The molecule has 1 N–H and O–H groups in total. The van der Waals surface area contributed by atoms with Crippen molar-refractivity contribution >= 4 is 23.3 Å². The third-order valence-electron chi connectivity index (χ3n) is 7.31. The number of fused-ring (bicyclic) bond motifs is 3. The molecule has 39 heavy (non-hydrogen) atoms. The first-order valence-electron chi connectivity index (χ1n) is 13.0. The van der Waals surface area contributed by atoms with Gasteiger partial charge in [-0.1, -0.05) is 42.5 Å². The van der Waals surface area contributed by atoms with Gasteiger partial charge in [-0.15, -0.1) is 0 Å². The number of benzene rings is 3. The maximum absolute atomic E-state index is 14.2. The van der Waals surface area contributed by atoms with Crippen LogP contribution in [-0.4, -0.2) is 48.2 Å². The van der Waals surface area contributed by atoms with Crippen LogP contribution in [0.3, 0.4) is 0 Å². The molecule has 1 aromatic heterocycles. The second kappa shape index (κ2) is 10.2. The van der Waals surface area contributed by atoms with Crippen LogP contribution in [-0.2, 0) is 4.79 Å². The number of anilines is 2. The highest BCUT2D eigenvalue weighted by Gasteiger charge is 2.40. The molecule has 8 heteroatoms. The van der Waals surface area contributed by atoms with Gasteiger partial charge in [-0.25, -0.2) is 4.79 Å². The summed E-state index contributed by atoms with van der Waals surface area (Å²) in [7, 11) is 3.12. The van der Waals surface area contributed by atoms with E-state index in [0.717, 1.165) is 35.5 Å². The molecule has 4 aromatic rings. The fourth-order valence-electron chi connectivity index (χ4n) is 5.28. The van der Waals surface area contributed by atoms with Crippen molar-refractivity contribution in [1.29, 1.82) is 0 Å². The van der Waals surface area contributed by atoms with Gasteiger partial charge in [-0.05, 0) is 54.8 Å². The minimum atomic E-state index is -0.334. The highest BCUT2D eigenvalue weighted by molar-refractivity contribution is 6.02. The standard InChI is InChI=1S/C31H30N4O4/c1-38-23-16-17-24(28(19-23)39-2)32-31(37)34(22-14-15-22)20-29(36)35-26-12-7-6-11-25(26)33-18-8-13-27(33)30(35)21-9-4-3-5-10-21/h3-13,16-19,22,30H,14-15,20H2,1-2H3,(H,32,37). The van der Waals surface area contributed by atoms with Gasteiger partial charge in [0.05, 0.1) is 37.0 Å². The van der Waals surface area contributed by atoms with Gasteiger partial charge in [0.1, 0.15) is 24.1 Å². The van der Waals surface area contributed by atoms with E-state index in [4.69, 9.17) is 9.47 Å². The number of urea groups is 1. The molecule has 8 nitrogen and oxygen atoms in total. The third-order valence-corrected chi connectivity index (χ3v) is 7.31. The van der Waals surface area contributed by atoms with Crippen molar-refractivity contribution in [2.75, 3.05) is 31.0 Å². The smallest absolute Gasteiger partial charge is 0.322 e. The number of aromatic nitrogens is 1. The van der Waals surface area contributed by atoms with Crippen molar-refractivity contribution < 1.29 is 19.1 Å². The predicted octanol–water partition coefficient (Wildman–Crippen LogP) is 5.63. The number of amides is 3. The van der Waals surface area contributed by atoms with Gasteiger partial charge in [-0.3, -0.25) is 9.69 Å². The van der Waals surface area contributed by atoms with E-state index in [9.17, 15) is 9.59 Å². The number of ether oxygens (including phenoxy) is 2.